The fraction of sp³-hybridized carbons (Fsp3) is 0.895. The third-order valence-electron chi connectivity index (χ3n) is 6.60. The van der Waals surface area contributed by atoms with Crippen molar-refractivity contribution >= 4 is 6.01 Å². The van der Waals surface area contributed by atoms with Gasteiger partial charge in [0.15, 0.2) is 5.82 Å². The highest BCUT2D eigenvalue weighted by molar-refractivity contribution is 5.25. The van der Waals surface area contributed by atoms with Crippen LogP contribution in [0.2, 0.25) is 0 Å². The van der Waals surface area contributed by atoms with E-state index >= 15 is 0 Å². The van der Waals surface area contributed by atoms with Gasteiger partial charge in [-0.2, -0.15) is 4.98 Å². The van der Waals surface area contributed by atoms with Crippen molar-refractivity contribution in [1.82, 2.24) is 19.9 Å². The van der Waals surface area contributed by atoms with Gasteiger partial charge in [-0.25, -0.2) is 8.78 Å². The molecule has 0 spiro atoms. The molecule has 1 unspecified atom stereocenters. The van der Waals surface area contributed by atoms with E-state index in [2.05, 4.69) is 19.9 Å². The van der Waals surface area contributed by atoms with Gasteiger partial charge in [0.25, 0.3) is 5.92 Å². The first kappa shape index (κ1) is 20.0. The number of aliphatic hydroxyl groups is 1. The normalized spacial score (nSPS) is 30.6. The van der Waals surface area contributed by atoms with Gasteiger partial charge in [-0.15, -0.1) is 0 Å². The van der Waals surface area contributed by atoms with Crippen LogP contribution in [0.15, 0.2) is 4.52 Å². The molecule has 0 amide bonds. The average Bonchev–Trinajstić information content (AvgIpc) is 3.15. The molecule has 9 heteroatoms. The summed E-state index contributed by atoms with van der Waals surface area (Å²) < 4.78 is 32.9. The molecule has 158 valence electrons. The van der Waals surface area contributed by atoms with Crippen LogP contribution in [0.3, 0.4) is 0 Å². The molecule has 0 aliphatic carbocycles. The maximum atomic E-state index is 13.8. The van der Waals surface area contributed by atoms with Gasteiger partial charge in [-0.3, -0.25) is 4.90 Å². The van der Waals surface area contributed by atoms with E-state index in [0.29, 0.717) is 17.9 Å². The first-order valence-corrected chi connectivity index (χ1v) is 10.5. The molecule has 4 heterocycles. The Morgan fingerprint density at radius 1 is 1.11 bits per heavy atom. The third-order valence-corrected chi connectivity index (χ3v) is 6.60. The van der Waals surface area contributed by atoms with Crippen molar-refractivity contribution in [3.05, 3.63) is 5.82 Å². The zero-order valence-corrected chi connectivity index (χ0v) is 16.6. The molecule has 3 saturated heterocycles. The van der Waals surface area contributed by atoms with Crippen molar-refractivity contribution in [2.75, 3.05) is 44.2 Å². The Morgan fingerprint density at radius 2 is 1.86 bits per heavy atom. The van der Waals surface area contributed by atoms with Gasteiger partial charge < -0.3 is 19.4 Å². The number of piperidine rings is 1. The highest BCUT2D eigenvalue weighted by Crippen LogP contribution is 2.36. The second-order valence-corrected chi connectivity index (χ2v) is 8.53. The summed E-state index contributed by atoms with van der Waals surface area (Å²) in [5.74, 6) is -2.01. The third kappa shape index (κ3) is 4.31. The van der Waals surface area contributed by atoms with Crippen molar-refractivity contribution in [1.29, 1.82) is 0 Å². The number of anilines is 1. The van der Waals surface area contributed by atoms with Gasteiger partial charge >= 0.3 is 6.01 Å². The molecule has 28 heavy (non-hydrogen) atoms. The van der Waals surface area contributed by atoms with Crippen LogP contribution in [0.1, 0.15) is 44.3 Å². The first-order chi connectivity index (χ1) is 13.4. The number of rotatable bonds is 4. The summed E-state index contributed by atoms with van der Waals surface area (Å²) in [5, 5.41) is 13.4. The van der Waals surface area contributed by atoms with Crippen LogP contribution < -0.4 is 4.90 Å². The second-order valence-electron chi connectivity index (χ2n) is 8.53. The van der Waals surface area contributed by atoms with Gasteiger partial charge in [0.05, 0.1) is 13.2 Å². The van der Waals surface area contributed by atoms with Gasteiger partial charge in [0.1, 0.15) is 0 Å². The smallest absolute Gasteiger partial charge is 0.324 e. The van der Waals surface area contributed by atoms with Crippen LogP contribution in [-0.4, -0.2) is 88.4 Å². The Hall–Kier alpha value is -1.32. The molecule has 4 rings (SSSR count). The van der Waals surface area contributed by atoms with E-state index in [-0.39, 0.29) is 25.6 Å². The number of aliphatic hydroxyl groups excluding tert-OH is 1. The van der Waals surface area contributed by atoms with Gasteiger partial charge in [-0.05, 0) is 52.1 Å². The van der Waals surface area contributed by atoms with Crippen LogP contribution in [0, 0.1) is 6.92 Å². The number of aromatic nitrogens is 2. The zero-order valence-electron chi connectivity index (χ0n) is 16.6. The first-order valence-electron chi connectivity index (χ1n) is 10.5. The lowest BCUT2D eigenvalue weighted by atomic mass is 9.98. The van der Waals surface area contributed by atoms with E-state index in [1.807, 2.05) is 11.8 Å². The number of aryl methyl sites for hydroxylation is 1. The van der Waals surface area contributed by atoms with Crippen LogP contribution in [0.25, 0.3) is 0 Å². The van der Waals surface area contributed by atoms with Crippen LogP contribution in [0.4, 0.5) is 14.8 Å². The van der Waals surface area contributed by atoms with Crippen LogP contribution in [0.5, 0.6) is 0 Å². The summed E-state index contributed by atoms with van der Waals surface area (Å²) in [4.78, 5) is 10.9. The Labute approximate surface area is 164 Å². The molecule has 1 N–H and O–H groups in total. The minimum atomic E-state index is -2.66. The summed E-state index contributed by atoms with van der Waals surface area (Å²) in [6.07, 6.45) is 4.85. The average molecular weight is 399 g/mol. The van der Waals surface area contributed by atoms with Crippen LogP contribution >= 0.6 is 0 Å². The number of alkyl halides is 2. The van der Waals surface area contributed by atoms with E-state index < -0.39 is 12.0 Å². The van der Waals surface area contributed by atoms with Crippen molar-refractivity contribution in [3.8, 4) is 0 Å². The minimum Gasteiger partial charge on any atom is -0.395 e. The SMILES string of the molecule is Cc1noc(N2CCCC(N3CCC(N4CC(F)(F)C[C@@H]4CO)CC3)CC2)n1. The van der Waals surface area contributed by atoms with Gasteiger partial charge in [0, 0.05) is 37.6 Å². The van der Waals surface area contributed by atoms with E-state index in [1.54, 1.807) is 0 Å². The molecule has 3 aliphatic rings. The maximum Gasteiger partial charge on any atom is 0.324 e. The lowest BCUT2D eigenvalue weighted by molar-refractivity contribution is 0.000902. The lowest BCUT2D eigenvalue weighted by Gasteiger charge is -2.41. The van der Waals surface area contributed by atoms with Gasteiger partial charge in [0.2, 0.25) is 0 Å². The molecule has 0 saturated carbocycles. The molecule has 0 radical (unpaired) electrons. The quantitative estimate of drug-likeness (QED) is 0.829. The summed E-state index contributed by atoms with van der Waals surface area (Å²) >= 11 is 0. The molecule has 0 bridgehead atoms. The number of nitrogens with zero attached hydrogens (tertiary/aromatic N) is 5. The van der Waals surface area contributed by atoms with Crippen molar-refractivity contribution < 1.29 is 18.4 Å². The Kier molecular flexibility index (Phi) is 5.85. The molecular formula is C19H31F2N5O2. The van der Waals surface area contributed by atoms with Crippen molar-refractivity contribution in [3.63, 3.8) is 0 Å². The number of likely N-dealkylation sites (tertiary alicyclic amines) is 2. The predicted octanol–water partition coefficient (Wildman–Crippen LogP) is 1.90. The fourth-order valence-corrected chi connectivity index (χ4v) is 5.15. The molecule has 1 aromatic heterocycles. The van der Waals surface area contributed by atoms with E-state index in [4.69, 9.17) is 4.52 Å². The van der Waals surface area contributed by atoms with Crippen molar-refractivity contribution in [2.24, 2.45) is 0 Å². The van der Waals surface area contributed by atoms with E-state index in [0.717, 1.165) is 58.3 Å². The topological polar surface area (TPSA) is 68.9 Å². The fourth-order valence-electron chi connectivity index (χ4n) is 5.15. The largest absolute Gasteiger partial charge is 0.395 e. The minimum absolute atomic E-state index is 0.158. The van der Waals surface area contributed by atoms with Gasteiger partial charge in [-0.1, -0.05) is 5.16 Å². The lowest BCUT2D eigenvalue weighted by Crippen LogP contribution is -2.50. The number of hydrogen-bond acceptors (Lipinski definition) is 7. The molecule has 7 nitrogen and oxygen atoms in total. The summed E-state index contributed by atoms with van der Waals surface area (Å²) in [6.45, 7) is 5.15. The highest BCUT2D eigenvalue weighted by Gasteiger charge is 2.47. The monoisotopic (exact) mass is 399 g/mol. The summed E-state index contributed by atoms with van der Waals surface area (Å²) in [5.41, 5.74) is 0. The maximum absolute atomic E-state index is 13.8. The molecule has 3 aliphatic heterocycles. The molecule has 2 atom stereocenters. The Morgan fingerprint density at radius 3 is 2.54 bits per heavy atom. The summed E-state index contributed by atoms with van der Waals surface area (Å²) in [6, 6.07) is 0.895. The summed E-state index contributed by atoms with van der Waals surface area (Å²) in [7, 11) is 0. The highest BCUT2D eigenvalue weighted by atomic mass is 19.3. The zero-order chi connectivity index (χ0) is 19.7. The van der Waals surface area contributed by atoms with E-state index in [9.17, 15) is 13.9 Å². The second kappa shape index (κ2) is 8.20. The molecular weight excluding hydrogens is 368 g/mol. The number of hydrogen-bond donors (Lipinski definition) is 1. The Balaban J connectivity index is 1.29. The standard InChI is InChI=1S/C19H31F2N5O2/c1-14-22-18(28-23-14)25-7-2-3-15(4-10-25)24-8-5-16(6-9-24)26-13-19(20,21)11-17(26)12-27/h15-17,27H,2-13H2,1H3/t15?,17-/m1/s1. The van der Waals surface area contributed by atoms with Crippen molar-refractivity contribution in [2.45, 2.75) is 69.5 Å². The van der Waals surface area contributed by atoms with Crippen LogP contribution in [-0.2, 0) is 0 Å². The molecule has 0 aromatic carbocycles. The van der Waals surface area contributed by atoms with E-state index in [1.165, 1.54) is 0 Å². The molecule has 1 aromatic rings. The molecule has 3 fully saturated rings. The Bertz CT molecular complexity index is 650. The predicted molar refractivity (Wildman–Crippen MR) is 101 cm³/mol. The number of halogens is 2.